The van der Waals surface area contributed by atoms with Crippen molar-refractivity contribution in [3.63, 3.8) is 0 Å². The van der Waals surface area contributed by atoms with Gasteiger partial charge in [-0.05, 0) is 13.8 Å². The van der Waals surface area contributed by atoms with Gasteiger partial charge in [-0.2, -0.15) is 0 Å². The molecule has 0 amide bonds. The highest BCUT2D eigenvalue weighted by molar-refractivity contribution is 14.0. The van der Waals surface area contributed by atoms with Crippen molar-refractivity contribution in [3.05, 3.63) is 0 Å². The van der Waals surface area contributed by atoms with Crippen LogP contribution in [-0.2, 0) is 10.0 Å². The van der Waals surface area contributed by atoms with Crippen molar-refractivity contribution in [1.29, 1.82) is 0 Å². The lowest BCUT2D eigenvalue weighted by Gasteiger charge is -2.15. The van der Waals surface area contributed by atoms with E-state index < -0.39 is 10.0 Å². The van der Waals surface area contributed by atoms with E-state index in [1.165, 1.54) is 0 Å². The van der Waals surface area contributed by atoms with Crippen LogP contribution in [0.2, 0.25) is 0 Å². The van der Waals surface area contributed by atoms with Crippen LogP contribution in [0.5, 0.6) is 0 Å². The van der Waals surface area contributed by atoms with Crippen LogP contribution in [0, 0.1) is 0 Å². The summed E-state index contributed by atoms with van der Waals surface area (Å²) in [6, 6.07) is -0.0588. The molecule has 0 saturated carbocycles. The van der Waals surface area contributed by atoms with Crippen molar-refractivity contribution in [2.24, 2.45) is 4.99 Å². The first-order chi connectivity index (χ1) is 7.41. The Kier molecular flexibility index (Phi) is 7.33. The van der Waals surface area contributed by atoms with Crippen LogP contribution in [0.4, 0.5) is 0 Å². The highest BCUT2D eigenvalue weighted by Gasteiger charge is 2.14. The van der Waals surface area contributed by atoms with E-state index in [4.69, 9.17) is 0 Å². The van der Waals surface area contributed by atoms with Crippen LogP contribution >= 0.6 is 24.0 Å². The molecule has 1 aliphatic rings. The Morgan fingerprint density at radius 3 is 2.59 bits per heavy atom. The summed E-state index contributed by atoms with van der Waals surface area (Å²) < 4.78 is 25.5. The van der Waals surface area contributed by atoms with Gasteiger partial charge in [0.15, 0.2) is 5.96 Å². The molecule has 0 aromatic heterocycles. The number of aliphatic imine (C=N–C) groups is 1. The second-order valence-electron chi connectivity index (χ2n) is 4.15. The molecule has 1 heterocycles. The molecule has 0 saturated heterocycles. The largest absolute Gasteiger partial charge is 0.355 e. The van der Waals surface area contributed by atoms with Gasteiger partial charge in [0.25, 0.3) is 0 Å². The van der Waals surface area contributed by atoms with Gasteiger partial charge >= 0.3 is 0 Å². The average molecular weight is 376 g/mol. The topological polar surface area (TPSA) is 73.8 Å². The number of sulfonamides is 1. The first-order valence-corrected chi connectivity index (χ1v) is 7.05. The molecular formula is C9H21IN4O2S. The minimum Gasteiger partial charge on any atom is -0.355 e. The monoisotopic (exact) mass is 376 g/mol. The first kappa shape index (κ1) is 16.9. The summed E-state index contributed by atoms with van der Waals surface area (Å²) in [7, 11) is -1.25. The highest BCUT2D eigenvalue weighted by Crippen LogP contribution is 1.95. The molecule has 0 atom stereocenters. The Hall–Kier alpha value is -0.0900. The molecule has 2 N–H and O–H groups in total. The Morgan fingerprint density at radius 2 is 2.12 bits per heavy atom. The van der Waals surface area contributed by atoms with E-state index in [1.54, 1.807) is 13.8 Å². The van der Waals surface area contributed by atoms with Crippen LogP contribution in [0.3, 0.4) is 0 Å². The Balaban J connectivity index is 0.00000256. The maximum Gasteiger partial charge on any atom is 0.213 e. The molecule has 0 unspecified atom stereocenters. The van der Waals surface area contributed by atoms with Gasteiger partial charge in [-0.1, -0.05) is 0 Å². The van der Waals surface area contributed by atoms with E-state index in [0.717, 1.165) is 19.0 Å². The van der Waals surface area contributed by atoms with E-state index in [1.807, 2.05) is 11.9 Å². The lowest BCUT2D eigenvalue weighted by atomic mass is 10.4. The van der Waals surface area contributed by atoms with Crippen LogP contribution in [-0.4, -0.2) is 57.8 Å². The third kappa shape index (κ3) is 6.41. The number of nitrogens with zero attached hydrogens (tertiary/aromatic N) is 2. The van der Waals surface area contributed by atoms with E-state index in [2.05, 4.69) is 15.0 Å². The lowest BCUT2D eigenvalue weighted by molar-refractivity contribution is 0.534. The first-order valence-electron chi connectivity index (χ1n) is 5.40. The molecule has 1 rings (SSSR count). The van der Waals surface area contributed by atoms with Crippen LogP contribution < -0.4 is 10.0 Å². The summed E-state index contributed by atoms with van der Waals surface area (Å²) in [5.74, 6) is 0.845. The van der Waals surface area contributed by atoms with E-state index in [0.29, 0.717) is 6.54 Å². The van der Waals surface area contributed by atoms with Crippen molar-refractivity contribution in [3.8, 4) is 0 Å². The number of nitrogens with one attached hydrogen (secondary N) is 2. The second kappa shape index (κ2) is 7.37. The van der Waals surface area contributed by atoms with Crippen molar-refractivity contribution in [2.75, 3.05) is 32.4 Å². The number of likely N-dealkylation sites (N-methyl/N-ethyl adjacent to an activating group) is 1. The number of rotatable bonds is 5. The second-order valence-corrected chi connectivity index (χ2v) is 6.02. The maximum absolute atomic E-state index is 11.5. The van der Waals surface area contributed by atoms with E-state index in [9.17, 15) is 8.42 Å². The summed E-state index contributed by atoms with van der Waals surface area (Å²) in [6.45, 7) is 5.65. The SMILES string of the molecule is CC(C)NS(=O)(=O)CCNC1=NCCN1C.I. The van der Waals surface area contributed by atoms with Gasteiger partial charge in [0.1, 0.15) is 0 Å². The Morgan fingerprint density at radius 1 is 1.47 bits per heavy atom. The molecule has 0 radical (unpaired) electrons. The standard InChI is InChI=1S/C9H20N4O2S.HI/c1-8(2)12-16(14,15)7-5-11-9-10-4-6-13(9)3;/h8,12H,4-7H2,1-3H3,(H,10,11);1H. The zero-order chi connectivity index (χ0) is 12.2. The highest BCUT2D eigenvalue weighted by atomic mass is 127. The molecule has 0 aromatic carbocycles. The zero-order valence-electron chi connectivity index (χ0n) is 10.4. The van der Waals surface area contributed by atoms with E-state index in [-0.39, 0.29) is 35.8 Å². The number of hydrogen-bond acceptors (Lipinski definition) is 5. The van der Waals surface area contributed by atoms with Gasteiger partial charge in [-0.25, -0.2) is 13.1 Å². The molecule has 0 fully saturated rings. The van der Waals surface area contributed by atoms with Crippen LogP contribution in [0.25, 0.3) is 0 Å². The number of hydrogen-bond donors (Lipinski definition) is 2. The smallest absolute Gasteiger partial charge is 0.213 e. The molecule has 0 spiro atoms. The van der Waals surface area contributed by atoms with Crippen LogP contribution in [0.15, 0.2) is 4.99 Å². The fourth-order valence-electron chi connectivity index (χ4n) is 1.44. The molecule has 0 aliphatic carbocycles. The van der Waals surface area contributed by atoms with Gasteiger partial charge in [-0.3, -0.25) is 4.99 Å². The zero-order valence-corrected chi connectivity index (χ0v) is 13.6. The van der Waals surface area contributed by atoms with Gasteiger partial charge in [-0.15, -0.1) is 24.0 Å². The van der Waals surface area contributed by atoms with Crippen molar-refractivity contribution >= 4 is 40.0 Å². The number of halogens is 1. The summed E-state index contributed by atoms with van der Waals surface area (Å²) in [4.78, 5) is 6.19. The van der Waals surface area contributed by atoms with Crippen molar-refractivity contribution in [2.45, 2.75) is 19.9 Å². The van der Waals surface area contributed by atoms with Gasteiger partial charge < -0.3 is 10.2 Å². The normalized spacial score (nSPS) is 15.8. The quantitative estimate of drug-likeness (QED) is 0.654. The number of guanidine groups is 1. The summed E-state index contributed by atoms with van der Waals surface area (Å²) >= 11 is 0. The summed E-state index contributed by atoms with van der Waals surface area (Å²) in [5.41, 5.74) is 0. The minimum atomic E-state index is -3.18. The third-order valence-electron chi connectivity index (χ3n) is 2.13. The Labute approximate surface area is 120 Å². The molecular weight excluding hydrogens is 355 g/mol. The van der Waals surface area contributed by atoms with Gasteiger partial charge in [0, 0.05) is 26.2 Å². The van der Waals surface area contributed by atoms with Gasteiger partial charge in [0.05, 0.1) is 12.3 Å². The van der Waals surface area contributed by atoms with E-state index >= 15 is 0 Å². The fourth-order valence-corrected chi connectivity index (χ4v) is 2.65. The molecule has 0 aromatic rings. The van der Waals surface area contributed by atoms with Crippen LogP contribution in [0.1, 0.15) is 13.8 Å². The molecule has 1 aliphatic heterocycles. The molecule has 6 nitrogen and oxygen atoms in total. The maximum atomic E-state index is 11.5. The molecule has 17 heavy (non-hydrogen) atoms. The molecule has 8 heteroatoms. The minimum absolute atomic E-state index is 0. The third-order valence-corrected chi connectivity index (χ3v) is 3.70. The lowest BCUT2D eigenvalue weighted by Crippen LogP contribution is -2.41. The predicted molar refractivity (Wildman–Crippen MR) is 80.4 cm³/mol. The predicted octanol–water partition coefficient (Wildman–Crippen LogP) is -0.177. The van der Waals surface area contributed by atoms with Crippen molar-refractivity contribution in [1.82, 2.24) is 14.9 Å². The summed E-state index contributed by atoms with van der Waals surface area (Å²) in [5, 5.41) is 3.02. The average Bonchev–Trinajstić information content (AvgIpc) is 2.49. The Bertz CT molecular complexity index is 356. The fraction of sp³-hybridized carbons (Fsp3) is 0.889. The van der Waals surface area contributed by atoms with Gasteiger partial charge in [0.2, 0.25) is 10.0 Å². The molecule has 102 valence electrons. The summed E-state index contributed by atoms with van der Waals surface area (Å²) in [6.07, 6.45) is 0. The van der Waals surface area contributed by atoms with Crippen molar-refractivity contribution < 1.29 is 8.42 Å². The molecule has 0 bridgehead atoms.